The molecule has 29 heavy (non-hydrogen) atoms. The van der Waals surface area contributed by atoms with E-state index in [1.165, 1.54) is 28.8 Å². The highest BCUT2D eigenvalue weighted by Crippen LogP contribution is 2.21. The molecule has 1 aliphatic rings. The summed E-state index contributed by atoms with van der Waals surface area (Å²) in [5, 5.41) is 0. The Morgan fingerprint density at radius 1 is 1.21 bits per heavy atom. The van der Waals surface area contributed by atoms with Gasteiger partial charge in [0.05, 0.1) is 24.4 Å². The molecular weight excluding hydrogens is 375 g/mol. The van der Waals surface area contributed by atoms with Crippen molar-refractivity contribution >= 4 is 11.7 Å². The van der Waals surface area contributed by atoms with Gasteiger partial charge in [0.1, 0.15) is 11.9 Å². The van der Waals surface area contributed by atoms with E-state index in [9.17, 15) is 14.0 Å². The van der Waals surface area contributed by atoms with Crippen LogP contribution in [0.15, 0.2) is 59.7 Å². The molecule has 0 spiro atoms. The zero-order valence-electron chi connectivity index (χ0n) is 15.8. The number of rotatable bonds is 4. The molecule has 0 aliphatic carbocycles. The lowest BCUT2D eigenvalue weighted by atomic mass is 10.0. The zero-order chi connectivity index (χ0) is 20.4. The minimum atomic E-state index is -0.845. The number of hydrogen-bond donors (Lipinski definition) is 0. The standard InChI is InChI=1S/C21H19FN4O3/c1-25-19(27)12-17(14-6-8-23-9-7-14)24-21(25)26-10-11-29-18(13-26)20(28)15-4-2-3-5-16(15)22/h2-9,12,18H,10-11,13H2,1H3. The minimum absolute atomic E-state index is 0.00765. The van der Waals surface area contributed by atoms with E-state index >= 15 is 0 Å². The van der Waals surface area contributed by atoms with Gasteiger partial charge in [-0.05, 0) is 24.3 Å². The topological polar surface area (TPSA) is 77.3 Å². The molecule has 8 heteroatoms. The van der Waals surface area contributed by atoms with Crippen LogP contribution in [0.2, 0.25) is 0 Å². The van der Waals surface area contributed by atoms with Crippen LogP contribution in [0.1, 0.15) is 10.4 Å². The number of halogens is 1. The van der Waals surface area contributed by atoms with E-state index in [1.807, 2.05) is 4.90 Å². The number of carbonyl (C=O) groups is 1. The highest BCUT2D eigenvalue weighted by molar-refractivity contribution is 6.00. The SMILES string of the molecule is Cn1c(N2CCOC(C(=O)c3ccccc3F)C2)nc(-c2ccncc2)cc1=O. The number of benzene rings is 1. The Morgan fingerprint density at radius 2 is 1.97 bits per heavy atom. The van der Waals surface area contributed by atoms with E-state index < -0.39 is 17.7 Å². The number of pyridine rings is 1. The number of carbonyl (C=O) groups excluding carboxylic acids is 1. The van der Waals surface area contributed by atoms with Gasteiger partial charge >= 0.3 is 0 Å². The molecule has 1 unspecified atom stereocenters. The van der Waals surface area contributed by atoms with Crippen molar-refractivity contribution in [1.29, 1.82) is 0 Å². The summed E-state index contributed by atoms with van der Waals surface area (Å²) in [7, 11) is 1.63. The third kappa shape index (κ3) is 3.79. The molecule has 0 radical (unpaired) electrons. The van der Waals surface area contributed by atoms with Gasteiger partial charge in [0.25, 0.3) is 5.56 Å². The predicted molar refractivity (Wildman–Crippen MR) is 105 cm³/mol. The molecule has 4 rings (SSSR count). The average molecular weight is 394 g/mol. The van der Waals surface area contributed by atoms with Crippen LogP contribution >= 0.6 is 0 Å². The number of aromatic nitrogens is 3. The molecule has 1 atom stereocenters. The van der Waals surface area contributed by atoms with Crippen LogP contribution < -0.4 is 10.5 Å². The van der Waals surface area contributed by atoms with Crippen LogP contribution in [-0.4, -0.2) is 46.1 Å². The summed E-state index contributed by atoms with van der Waals surface area (Å²) in [6.07, 6.45) is 2.42. The second kappa shape index (κ2) is 7.92. The molecule has 1 fully saturated rings. The zero-order valence-corrected chi connectivity index (χ0v) is 15.8. The minimum Gasteiger partial charge on any atom is -0.366 e. The Kier molecular flexibility index (Phi) is 5.18. The van der Waals surface area contributed by atoms with Gasteiger partial charge in [0.2, 0.25) is 5.95 Å². The fraction of sp³-hybridized carbons (Fsp3) is 0.238. The summed E-state index contributed by atoms with van der Waals surface area (Å²) in [5.74, 6) is -0.578. The molecule has 7 nitrogen and oxygen atoms in total. The molecule has 3 heterocycles. The first-order valence-electron chi connectivity index (χ1n) is 9.18. The van der Waals surface area contributed by atoms with E-state index in [4.69, 9.17) is 4.74 Å². The number of Topliss-reactive ketones (excluding diaryl/α,β-unsaturated/α-hetero) is 1. The molecule has 0 N–H and O–H groups in total. The lowest BCUT2D eigenvalue weighted by Gasteiger charge is -2.33. The Hall–Kier alpha value is -3.39. The summed E-state index contributed by atoms with van der Waals surface area (Å²) >= 11 is 0. The van der Waals surface area contributed by atoms with Gasteiger partial charge in [-0.3, -0.25) is 19.1 Å². The maximum Gasteiger partial charge on any atom is 0.255 e. The Bertz CT molecular complexity index is 1100. The predicted octanol–water partition coefficient (Wildman–Crippen LogP) is 2.07. The van der Waals surface area contributed by atoms with E-state index in [1.54, 1.807) is 37.6 Å². The number of morpholine rings is 1. The largest absolute Gasteiger partial charge is 0.366 e. The van der Waals surface area contributed by atoms with Crippen molar-refractivity contribution in [3.8, 4) is 11.3 Å². The monoisotopic (exact) mass is 394 g/mol. The van der Waals surface area contributed by atoms with Gasteiger partial charge in [-0.2, -0.15) is 0 Å². The fourth-order valence-corrected chi connectivity index (χ4v) is 3.30. The number of hydrogen-bond acceptors (Lipinski definition) is 6. The van der Waals surface area contributed by atoms with Crippen molar-refractivity contribution in [2.45, 2.75) is 6.10 Å². The summed E-state index contributed by atoms with van der Waals surface area (Å²) in [6.45, 7) is 0.897. The molecule has 1 aromatic carbocycles. The van der Waals surface area contributed by atoms with Crippen LogP contribution in [0, 0.1) is 5.82 Å². The lowest BCUT2D eigenvalue weighted by molar-refractivity contribution is 0.0333. The maximum atomic E-state index is 14.0. The Balaban J connectivity index is 1.65. The van der Waals surface area contributed by atoms with Gasteiger partial charge < -0.3 is 9.64 Å². The van der Waals surface area contributed by atoms with Crippen molar-refractivity contribution in [2.75, 3.05) is 24.6 Å². The molecule has 2 aromatic heterocycles. The number of ether oxygens (including phenoxy) is 1. The quantitative estimate of drug-likeness (QED) is 0.631. The normalized spacial score (nSPS) is 16.6. The van der Waals surface area contributed by atoms with Crippen molar-refractivity contribution in [3.05, 3.63) is 76.6 Å². The molecule has 0 amide bonds. The van der Waals surface area contributed by atoms with Gasteiger partial charge in [-0.15, -0.1) is 0 Å². The lowest BCUT2D eigenvalue weighted by Crippen LogP contribution is -2.48. The van der Waals surface area contributed by atoms with Gasteiger partial charge in [-0.25, -0.2) is 9.37 Å². The number of ketones is 1. The molecule has 0 bridgehead atoms. The van der Waals surface area contributed by atoms with Crippen LogP contribution in [-0.2, 0) is 11.8 Å². The van der Waals surface area contributed by atoms with Crippen molar-refractivity contribution in [3.63, 3.8) is 0 Å². The molecule has 3 aromatic rings. The highest BCUT2D eigenvalue weighted by atomic mass is 19.1. The highest BCUT2D eigenvalue weighted by Gasteiger charge is 2.30. The van der Waals surface area contributed by atoms with E-state index in [0.29, 0.717) is 18.2 Å². The maximum absolute atomic E-state index is 14.0. The first-order chi connectivity index (χ1) is 14.0. The van der Waals surface area contributed by atoms with E-state index in [0.717, 1.165) is 5.56 Å². The van der Waals surface area contributed by atoms with Gasteiger partial charge in [0.15, 0.2) is 5.78 Å². The van der Waals surface area contributed by atoms with E-state index in [2.05, 4.69) is 9.97 Å². The fourth-order valence-electron chi connectivity index (χ4n) is 3.30. The summed E-state index contributed by atoms with van der Waals surface area (Å²) in [4.78, 5) is 35.7. The Labute approximate surface area is 166 Å². The first kappa shape index (κ1) is 18.9. The smallest absolute Gasteiger partial charge is 0.255 e. The number of nitrogens with zero attached hydrogens (tertiary/aromatic N) is 4. The summed E-state index contributed by atoms with van der Waals surface area (Å²) < 4.78 is 21.1. The molecule has 0 saturated carbocycles. The average Bonchev–Trinajstić information content (AvgIpc) is 2.76. The first-order valence-corrected chi connectivity index (χ1v) is 9.18. The van der Waals surface area contributed by atoms with Crippen LogP contribution in [0.4, 0.5) is 10.3 Å². The van der Waals surface area contributed by atoms with Crippen LogP contribution in [0.3, 0.4) is 0 Å². The molecule has 1 aliphatic heterocycles. The summed E-state index contributed by atoms with van der Waals surface area (Å²) in [5.41, 5.74) is 1.07. The van der Waals surface area contributed by atoms with Crippen molar-refractivity contribution in [1.82, 2.24) is 14.5 Å². The molecular formula is C21H19FN4O3. The third-order valence-electron chi connectivity index (χ3n) is 4.87. The second-order valence-corrected chi connectivity index (χ2v) is 6.72. The van der Waals surface area contributed by atoms with Gasteiger partial charge in [0, 0.05) is 37.6 Å². The van der Waals surface area contributed by atoms with Crippen molar-refractivity contribution in [2.24, 2.45) is 7.05 Å². The third-order valence-corrected chi connectivity index (χ3v) is 4.87. The van der Waals surface area contributed by atoms with Crippen molar-refractivity contribution < 1.29 is 13.9 Å². The number of anilines is 1. The van der Waals surface area contributed by atoms with E-state index in [-0.39, 0.29) is 24.3 Å². The van der Waals surface area contributed by atoms with Crippen LogP contribution in [0.25, 0.3) is 11.3 Å². The molecule has 1 saturated heterocycles. The Morgan fingerprint density at radius 3 is 2.72 bits per heavy atom. The van der Waals surface area contributed by atoms with Gasteiger partial charge in [-0.1, -0.05) is 12.1 Å². The van der Waals surface area contributed by atoms with Crippen LogP contribution in [0.5, 0.6) is 0 Å². The summed E-state index contributed by atoms with van der Waals surface area (Å²) in [6, 6.07) is 10.8. The molecule has 148 valence electrons. The second-order valence-electron chi connectivity index (χ2n) is 6.72.